The molecule has 0 aromatic carbocycles. The average Bonchev–Trinajstić information content (AvgIpc) is 2.39. The fourth-order valence-electron chi connectivity index (χ4n) is 3.77. The molecule has 0 radical (unpaired) electrons. The molecule has 0 spiro atoms. The lowest BCUT2D eigenvalue weighted by Crippen LogP contribution is -2.46. The SMILES string of the molecule is COC1CCCC(OC)(C2CCCCC2)C1. The van der Waals surface area contributed by atoms with Gasteiger partial charge in [0.2, 0.25) is 0 Å². The molecule has 0 aliphatic heterocycles. The Morgan fingerprint density at radius 3 is 2.31 bits per heavy atom. The highest BCUT2D eigenvalue weighted by atomic mass is 16.5. The summed E-state index contributed by atoms with van der Waals surface area (Å²) in [4.78, 5) is 0. The molecular weight excluding hydrogens is 200 g/mol. The number of methoxy groups -OCH3 is 2. The van der Waals surface area contributed by atoms with Crippen molar-refractivity contribution in [2.24, 2.45) is 5.92 Å². The molecule has 0 N–H and O–H groups in total. The van der Waals surface area contributed by atoms with Crippen molar-refractivity contribution in [1.29, 1.82) is 0 Å². The Balaban J connectivity index is 2.04. The van der Waals surface area contributed by atoms with Crippen molar-refractivity contribution in [2.75, 3.05) is 14.2 Å². The third kappa shape index (κ3) is 2.43. The third-order valence-electron chi connectivity index (χ3n) is 4.79. The van der Waals surface area contributed by atoms with Crippen molar-refractivity contribution < 1.29 is 9.47 Å². The minimum Gasteiger partial charge on any atom is -0.381 e. The standard InChI is InChI=1S/C14H26O2/c1-15-13-9-6-10-14(11-13,16-2)12-7-4-3-5-8-12/h12-13H,3-11H2,1-2H3. The Morgan fingerprint density at radius 1 is 0.938 bits per heavy atom. The molecule has 16 heavy (non-hydrogen) atoms. The molecule has 0 aromatic heterocycles. The van der Waals surface area contributed by atoms with Crippen LogP contribution in [0.5, 0.6) is 0 Å². The summed E-state index contributed by atoms with van der Waals surface area (Å²) in [5.74, 6) is 0.782. The molecule has 0 heterocycles. The van der Waals surface area contributed by atoms with Crippen LogP contribution in [0.4, 0.5) is 0 Å². The van der Waals surface area contributed by atoms with Gasteiger partial charge >= 0.3 is 0 Å². The zero-order valence-electron chi connectivity index (χ0n) is 10.8. The Bertz CT molecular complexity index is 211. The number of rotatable bonds is 3. The molecule has 0 saturated heterocycles. The molecule has 0 amide bonds. The molecule has 0 bridgehead atoms. The van der Waals surface area contributed by atoms with Gasteiger partial charge in [-0.25, -0.2) is 0 Å². The van der Waals surface area contributed by atoms with Gasteiger partial charge in [-0.15, -0.1) is 0 Å². The van der Waals surface area contributed by atoms with E-state index < -0.39 is 0 Å². The van der Waals surface area contributed by atoms with Crippen molar-refractivity contribution in [1.82, 2.24) is 0 Å². The lowest BCUT2D eigenvalue weighted by Gasteiger charge is -2.46. The van der Waals surface area contributed by atoms with Gasteiger partial charge in [0.25, 0.3) is 0 Å². The van der Waals surface area contributed by atoms with Crippen LogP contribution in [0.1, 0.15) is 57.8 Å². The summed E-state index contributed by atoms with van der Waals surface area (Å²) >= 11 is 0. The lowest BCUT2D eigenvalue weighted by molar-refractivity contribution is -0.126. The monoisotopic (exact) mass is 226 g/mol. The number of hydrogen-bond acceptors (Lipinski definition) is 2. The van der Waals surface area contributed by atoms with Crippen LogP contribution in [0.2, 0.25) is 0 Å². The van der Waals surface area contributed by atoms with E-state index in [-0.39, 0.29) is 5.60 Å². The second-order valence-corrected chi connectivity index (χ2v) is 5.56. The van der Waals surface area contributed by atoms with E-state index in [0.29, 0.717) is 6.10 Å². The first-order chi connectivity index (χ1) is 7.80. The zero-order chi connectivity index (χ0) is 11.4. The van der Waals surface area contributed by atoms with Gasteiger partial charge in [0.15, 0.2) is 0 Å². The van der Waals surface area contributed by atoms with E-state index in [1.165, 1.54) is 51.4 Å². The minimum atomic E-state index is 0.138. The van der Waals surface area contributed by atoms with Gasteiger partial charge in [-0.05, 0) is 38.0 Å². The first-order valence-electron chi connectivity index (χ1n) is 6.89. The lowest BCUT2D eigenvalue weighted by atomic mass is 9.69. The first kappa shape index (κ1) is 12.4. The van der Waals surface area contributed by atoms with Gasteiger partial charge in [-0.1, -0.05) is 19.3 Å². The summed E-state index contributed by atoms with van der Waals surface area (Å²) in [7, 11) is 3.75. The summed E-state index contributed by atoms with van der Waals surface area (Å²) in [6, 6.07) is 0. The smallest absolute Gasteiger partial charge is 0.0731 e. The summed E-state index contributed by atoms with van der Waals surface area (Å²) in [5.41, 5.74) is 0.138. The van der Waals surface area contributed by atoms with Gasteiger partial charge < -0.3 is 9.47 Å². The quantitative estimate of drug-likeness (QED) is 0.733. The number of hydrogen-bond donors (Lipinski definition) is 0. The van der Waals surface area contributed by atoms with Gasteiger partial charge in [0.1, 0.15) is 0 Å². The maximum Gasteiger partial charge on any atom is 0.0731 e. The van der Waals surface area contributed by atoms with E-state index in [4.69, 9.17) is 9.47 Å². The zero-order valence-corrected chi connectivity index (χ0v) is 10.8. The molecule has 2 fully saturated rings. The average molecular weight is 226 g/mol. The summed E-state index contributed by atoms with van der Waals surface area (Å²) in [6.45, 7) is 0. The molecule has 94 valence electrons. The van der Waals surface area contributed by atoms with Gasteiger partial charge in [0.05, 0.1) is 11.7 Å². The molecule has 0 aromatic rings. The molecule has 2 nitrogen and oxygen atoms in total. The fraction of sp³-hybridized carbons (Fsp3) is 1.00. The largest absolute Gasteiger partial charge is 0.381 e. The van der Waals surface area contributed by atoms with Crippen molar-refractivity contribution in [2.45, 2.75) is 69.5 Å². The molecule has 2 heteroatoms. The van der Waals surface area contributed by atoms with E-state index in [2.05, 4.69) is 0 Å². The summed E-state index contributed by atoms with van der Waals surface area (Å²) in [6.07, 6.45) is 12.2. The topological polar surface area (TPSA) is 18.5 Å². The van der Waals surface area contributed by atoms with Crippen LogP contribution >= 0.6 is 0 Å². The Labute approximate surface area is 99.7 Å². The highest BCUT2D eigenvalue weighted by Crippen LogP contribution is 2.44. The van der Waals surface area contributed by atoms with Crippen molar-refractivity contribution in [3.05, 3.63) is 0 Å². The van der Waals surface area contributed by atoms with E-state index in [1.807, 2.05) is 14.2 Å². The van der Waals surface area contributed by atoms with Gasteiger partial charge in [-0.3, -0.25) is 0 Å². The Kier molecular flexibility index (Phi) is 4.26. The Hall–Kier alpha value is -0.0800. The number of ether oxygens (including phenoxy) is 2. The molecule has 2 atom stereocenters. The molecule has 2 unspecified atom stereocenters. The van der Waals surface area contributed by atoms with Crippen LogP contribution in [0.15, 0.2) is 0 Å². The minimum absolute atomic E-state index is 0.138. The van der Waals surface area contributed by atoms with Crippen LogP contribution in [-0.4, -0.2) is 25.9 Å². The highest BCUT2D eigenvalue weighted by molar-refractivity contribution is 4.94. The fourth-order valence-corrected chi connectivity index (χ4v) is 3.77. The summed E-state index contributed by atoms with van der Waals surface area (Å²) < 4.78 is 11.5. The molecule has 2 saturated carbocycles. The Morgan fingerprint density at radius 2 is 1.69 bits per heavy atom. The molecule has 2 aliphatic rings. The van der Waals surface area contributed by atoms with Crippen molar-refractivity contribution in [3.8, 4) is 0 Å². The predicted molar refractivity (Wildman–Crippen MR) is 65.6 cm³/mol. The normalized spacial score (nSPS) is 37.5. The van der Waals surface area contributed by atoms with Gasteiger partial charge in [-0.2, -0.15) is 0 Å². The third-order valence-corrected chi connectivity index (χ3v) is 4.79. The molecule has 2 rings (SSSR count). The van der Waals surface area contributed by atoms with Crippen molar-refractivity contribution >= 4 is 0 Å². The van der Waals surface area contributed by atoms with E-state index in [1.54, 1.807) is 0 Å². The second-order valence-electron chi connectivity index (χ2n) is 5.56. The van der Waals surface area contributed by atoms with Gasteiger partial charge in [0, 0.05) is 20.6 Å². The van der Waals surface area contributed by atoms with Crippen LogP contribution in [0.25, 0.3) is 0 Å². The second kappa shape index (κ2) is 5.50. The van der Waals surface area contributed by atoms with Crippen LogP contribution in [-0.2, 0) is 9.47 Å². The predicted octanol–water partition coefficient (Wildman–Crippen LogP) is 3.54. The summed E-state index contributed by atoms with van der Waals surface area (Å²) in [5, 5.41) is 0. The van der Waals surface area contributed by atoms with Crippen LogP contribution in [0, 0.1) is 5.92 Å². The van der Waals surface area contributed by atoms with Crippen LogP contribution < -0.4 is 0 Å². The van der Waals surface area contributed by atoms with Crippen LogP contribution in [0.3, 0.4) is 0 Å². The van der Waals surface area contributed by atoms with Crippen molar-refractivity contribution in [3.63, 3.8) is 0 Å². The van der Waals surface area contributed by atoms with E-state index in [0.717, 1.165) is 12.3 Å². The molecule has 2 aliphatic carbocycles. The van der Waals surface area contributed by atoms with E-state index in [9.17, 15) is 0 Å². The van der Waals surface area contributed by atoms with E-state index >= 15 is 0 Å². The maximum atomic E-state index is 5.97. The highest BCUT2D eigenvalue weighted by Gasteiger charge is 2.43. The molecular formula is C14H26O2. The first-order valence-corrected chi connectivity index (χ1v) is 6.89. The maximum absolute atomic E-state index is 5.97.